The fourth-order valence-corrected chi connectivity index (χ4v) is 1.21. The Hall–Kier alpha value is -1.51. The van der Waals surface area contributed by atoms with Crippen LogP contribution in [0.2, 0.25) is 0 Å². The molecule has 1 heterocycles. The number of nitrogens with zero attached hydrogens (tertiary/aromatic N) is 1. The monoisotopic (exact) mass is 162 g/mol. The highest BCUT2D eigenvalue weighted by atomic mass is 16.5. The molecule has 12 heavy (non-hydrogen) atoms. The van der Waals surface area contributed by atoms with Gasteiger partial charge >= 0.3 is 0 Å². The molecule has 0 amide bonds. The molecule has 0 bridgehead atoms. The number of rotatable bonds is 1. The predicted octanol–water partition coefficient (Wildman–Crippen LogP) is 0.985. The first-order chi connectivity index (χ1) is 5.90. The van der Waals surface area contributed by atoms with Gasteiger partial charge in [0.1, 0.15) is 11.4 Å². The van der Waals surface area contributed by atoms with Crippen molar-refractivity contribution >= 4 is 12.0 Å². The van der Waals surface area contributed by atoms with Crippen molar-refractivity contribution in [3.05, 3.63) is 23.8 Å². The lowest BCUT2D eigenvalue weighted by Crippen LogP contribution is -2.11. The Labute approximate surface area is 71.1 Å². The molecule has 1 aliphatic rings. The largest absolute Gasteiger partial charge is 0.497 e. The maximum Gasteiger partial charge on any atom is 0.278 e. The molecule has 3 nitrogen and oxygen atoms in total. The number of aliphatic imine (C=N–C) groups is 1. The minimum atomic E-state index is 0.756. The molecule has 0 unspecified atom stereocenters. The molecule has 3 heteroatoms. The van der Waals surface area contributed by atoms with Crippen LogP contribution in [0.15, 0.2) is 18.2 Å². The van der Waals surface area contributed by atoms with Gasteiger partial charge in [0.15, 0.2) is 6.54 Å². The molecular weight excluding hydrogens is 152 g/mol. The summed E-state index contributed by atoms with van der Waals surface area (Å²) in [4.78, 5) is 4.10. The van der Waals surface area contributed by atoms with Crippen LogP contribution in [0.1, 0.15) is 5.56 Å². The lowest BCUT2D eigenvalue weighted by Gasteiger charge is -2.06. The average molecular weight is 162 g/mol. The molecule has 1 N–H and O–H groups in total. The van der Waals surface area contributed by atoms with E-state index < -0.39 is 0 Å². The van der Waals surface area contributed by atoms with Crippen LogP contribution in [0.5, 0.6) is 5.75 Å². The van der Waals surface area contributed by atoms with Gasteiger partial charge in [0, 0.05) is 11.6 Å². The summed E-state index contributed by atoms with van der Waals surface area (Å²) in [7, 11) is 1.67. The highest BCUT2D eigenvalue weighted by molar-refractivity contribution is 5.79. The summed E-state index contributed by atoms with van der Waals surface area (Å²) >= 11 is 0. The molecule has 1 aromatic carbocycles. The minimum absolute atomic E-state index is 0.756. The first kappa shape index (κ1) is 7.16. The molecule has 1 radical (unpaired) electrons. The summed E-state index contributed by atoms with van der Waals surface area (Å²) < 4.78 is 5.10. The average Bonchev–Trinajstić information content (AvgIpc) is 2.17. The Morgan fingerprint density at radius 3 is 3.25 bits per heavy atom. The van der Waals surface area contributed by atoms with Gasteiger partial charge in [-0.15, -0.1) is 0 Å². The molecule has 0 saturated carbocycles. The Bertz CT molecular complexity index is 320. The molecule has 61 valence electrons. The molecule has 1 aromatic rings. The van der Waals surface area contributed by atoms with Crippen LogP contribution in [-0.2, 0) is 6.54 Å². The van der Waals surface area contributed by atoms with Gasteiger partial charge in [-0.05, 0) is 12.1 Å². The van der Waals surface area contributed by atoms with Gasteiger partial charge < -0.3 is 4.74 Å². The summed E-state index contributed by atoms with van der Waals surface area (Å²) in [6.45, 7) is 0.756. The van der Waals surface area contributed by atoms with Crippen LogP contribution < -0.4 is 15.0 Å². The second kappa shape index (κ2) is 2.85. The third-order valence-electron chi connectivity index (χ3n) is 1.89. The van der Waals surface area contributed by atoms with Gasteiger partial charge in [-0.2, -0.15) is 0 Å². The normalized spacial score (nSPS) is 13.4. The van der Waals surface area contributed by atoms with Crippen molar-refractivity contribution in [1.29, 1.82) is 0 Å². The fourth-order valence-electron chi connectivity index (χ4n) is 1.21. The number of fused-ring (bicyclic) bond motifs is 1. The van der Waals surface area contributed by atoms with Crippen LogP contribution in [0.25, 0.3) is 0 Å². The zero-order valence-electron chi connectivity index (χ0n) is 6.87. The third-order valence-corrected chi connectivity index (χ3v) is 1.89. The van der Waals surface area contributed by atoms with Crippen molar-refractivity contribution in [2.45, 2.75) is 6.54 Å². The van der Waals surface area contributed by atoms with Crippen molar-refractivity contribution in [2.24, 2.45) is 0 Å². The standard InChI is InChI=1S/C9H10N2O/c1-12-8-3-2-7-5-10-6-11-9(7)4-8/h2-4,6,11H,5H2,1H3/q+1. The van der Waals surface area contributed by atoms with Crippen molar-refractivity contribution in [3.63, 3.8) is 0 Å². The number of hydrogen-bond donors (Lipinski definition) is 1. The highest BCUT2D eigenvalue weighted by Gasteiger charge is 2.12. The first-order valence-electron chi connectivity index (χ1n) is 3.82. The fraction of sp³-hybridized carbons (Fsp3) is 0.222. The molecule has 0 atom stereocenters. The molecular formula is C9H10N2O+. The summed E-state index contributed by atoms with van der Waals surface area (Å²) in [5, 5.41) is 3.07. The molecule has 0 aliphatic carbocycles. The van der Waals surface area contributed by atoms with E-state index in [1.165, 1.54) is 5.56 Å². The van der Waals surface area contributed by atoms with E-state index in [1.807, 2.05) is 18.2 Å². The van der Waals surface area contributed by atoms with Crippen LogP contribution in [0, 0.1) is 0 Å². The van der Waals surface area contributed by atoms with Gasteiger partial charge in [-0.1, -0.05) is 4.99 Å². The molecule has 1 aliphatic heterocycles. The lowest BCUT2D eigenvalue weighted by molar-refractivity contribution is 0.415. The lowest BCUT2D eigenvalue weighted by atomic mass is 10.1. The summed E-state index contributed by atoms with van der Waals surface area (Å²) in [5.74, 6) is 0.872. The van der Waals surface area contributed by atoms with E-state index in [0.717, 1.165) is 18.0 Å². The van der Waals surface area contributed by atoms with Gasteiger partial charge in [0.25, 0.3) is 6.34 Å². The van der Waals surface area contributed by atoms with E-state index in [4.69, 9.17) is 4.74 Å². The summed E-state index contributed by atoms with van der Waals surface area (Å²) in [5.41, 5.74) is 2.29. The van der Waals surface area contributed by atoms with E-state index in [0.29, 0.717) is 0 Å². The van der Waals surface area contributed by atoms with Gasteiger partial charge in [0.05, 0.1) is 7.11 Å². The molecule has 0 spiro atoms. The number of benzene rings is 1. The zero-order valence-corrected chi connectivity index (χ0v) is 6.87. The van der Waals surface area contributed by atoms with Gasteiger partial charge in [-0.3, -0.25) is 0 Å². The summed E-state index contributed by atoms with van der Waals surface area (Å²) in [6.07, 6.45) is 1.71. The molecule has 0 aromatic heterocycles. The molecule has 0 saturated heterocycles. The van der Waals surface area contributed by atoms with Gasteiger partial charge in [-0.25, -0.2) is 5.32 Å². The van der Waals surface area contributed by atoms with E-state index in [9.17, 15) is 0 Å². The number of ether oxygens (including phenoxy) is 1. The van der Waals surface area contributed by atoms with E-state index in [-0.39, 0.29) is 0 Å². The number of methoxy groups -OCH3 is 1. The van der Waals surface area contributed by atoms with Crippen LogP contribution in [-0.4, -0.2) is 13.4 Å². The van der Waals surface area contributed by atoms with E-state index in [2.05, 4.69) is 10.3 Å². The van der Waals surface area contributed by atoms with E-state index >= 15 is 0 Å². The number of nitrogens with one attached hydrogen (secondary N) is 1. The molecule has 2 rings (SSSR count). The third kappa shape index (κ3) is 1.13. The summed E-state index contributed by atoms with van der Waals surface area (Å²) in [6, 6.07) is 5.94. The van der Waals surface area contributed by atoms with Crippen molar-refractivity contribution in [2.75, 3.05) is 12.4 Å². The van der Waals surface area contributed by atoms with Crippen LogP contribution >= 0.6 is 0 Å². The maximum atomic E-state index is 5.10. The predicted molar refractivity (Wildman–Crippen MR) is 48.5 cm³/mol. The Morgan fingerprint density at radius 1 is 1.50 bits per heavy atom. The van der Waals surface area contributed by atoms with Crippen molar-refractivity contribution in [3.8, 4) is 5.75 Å². The minimum Gasteiger partial charge on any atom is -0.497 e. The number of anilines is 1. The van der Waals surface area contributed by atoms with Crippen LogP contribution in [0.3, 0.4) is 0 Å². The zero-order chi connectivity index (χ0) is 8.39. The Kier molecular flexibility index (Phi) is 1.70. The second-order valence-corrected chi connectivity index (χ2v) is 2.64. The van der Waals surface area contributed by atoms with Crippen molar-refractivity contribution < 1.29 is 4.74 Å². The maximum absolute atomic E-state index is 5.10. The van der Waals surface area contributed by atoms with Crippen molar-refractivity contribution in [1.82, 2.24) is 4.99 Å². The number of hydrogen-bond acceptors (Lipinski definition) is 3. The van der Waals surface area contributed by atoms with Crippen LogP contribution in [0.4, 0.5) is 5.69 Å². The quantitative estimate of drug-likeness (QED) is 0.668. The van der Waals surface area contributed by atoms with E-state index in [1.54, 1.807) is 13.4 Å². The Morgan fingerprint density at radius 2 is 2.42 bits per heavy atom. The second-order valence-electron chi connectivity index (χ2n) is 2.64. The topological polar surface area (TPSA) is 35.4 Å². The Balaban J connectivity index is 2.39. The van der Waals surface area contributed by atoms with Gasteiger partial charge in [0.2, 0.25) is 0 Å². The highest BCUT2D eigenvalue weighted by Crippen LogP contribution is 2.22. The molecule has 0 fully saturated rings. The first-order valence-corrected chi connectivity index (χ1v) is 3.82. The smallest absolute Gasteiger partial charge is 0.278 e. The SMILES string of the molecule is COc1ccc2c(c1)NC=[N+]C2.